The lowest BCUT2D eigenvalue weighted by molar-refractivity contribution is -0.120. The van der Waals surface area contributed by atoms with E-state index < -0.39 is 0 Å². The molecule has 0 spiro atoms. The van der Waals surface area contributed by atoms with Gasteiger partial charge in [0.25, 0.3) is 0 Å². The monoisotopic (exact) mass is 267 g/mol. The van der Waals surface area contributed by atoms with Gasteiger partial charge in [0.05, 0.1) is 6.42 Å². The largest absolute Gasteiger partial charge is 0.356 e. The number of rotatable bonds is 5. The summed E-state index contributed by atoms with van der Waals surface area (Å²) in [6, 6.07) is 7.76. The van der Waals surface area contributed by atoms with Crippen molar-refractivity contribution in [1.29, 1.82) is 0 Å². The Bertz CT molecular complexity index is 332. The fourth-order valence-electron chi connectivity index (χ4n) is 1.16. The van der Waals surface area contributed by atoms with Gasteiger partial charge >= 0.3 is 0 Å². The highest BCUT2D eigenvalue weighted by Gasteiger charge is 2.01. The fraction of sp³-hybridized carbons (Fsp3) is 0.250. The highest BCUT2D eigenvalue weighted by molar-refractivity contribution is 9.10. The molecule has 2 nitrogen and oxygen atoms in total. The number of nitrogens with one attached hydrogen (secondary N) is 1. The van der Waals surface area contributed by atoms with Gasteiger partial charge in [-0.25, -0.2) is 0 Å². The summed E-state index contributed by atoms with van der Waals surface area (Å²) in [5, 5.41) is 2.82. The Morgan fingerprint density at radius 2 is 2.07 bits per heavy atom. The Hall–Kier alpha value is -1.09. The van der Waals surface area contributed by atoms with Gasteiger partial charge in [-0.2, -0.15) is 0 Å². The second-order valence-corrected chi connectivity index (χ2v) is 4.15. The van der Waals surface area contributed by atoms with Gasteiger partial charge in [0.1, 0.15) is 0 Å². The van der Waals surface area contributed by atoms with E-state index >= 15 is 0 Å². The van der Waals surface area contributed by atoms with Crippen molar-refractivity contribution in [2.24, 2.45) is 0 Å². The average Bonchev–Trinajstić information content (AvgIpc) is 2.22. The van der Waals surface area contributed by atoms with Gasteiger partial charge in [-0.1, -0.05) is 34.1 Å². The zero-order chi connectivity index (χ0) is 11.1. The zero-order valence-corrected chi connectivity index (χ0v) is 10.1. The van der Waals surface area contributed by atoms with Crippen molar-refractivity contribution in [3.8, 4) is 0 Å². The van der Waals surface area contributed by atoms with Crippen LogP contribution in [0.2, 0.25) is 0 Å². The van der Waals surface area contributed by atoms with Gasteiger partial charge < -0.3 is 5.32 Å². The van der Waals surface area contributed by atoms with Crippen LogP contribution in [-0.4, -0.2) is 12.5 Å². The normalized spacial score (nSPS) is 9.67. The molecule has 0 atom stereocenters. The van der Waals surface area contributed by atoms with Crippen LogP contribution < -0.4 is 5.32 Å². The third-order valence-corrected chi connectivity index (χ3v) is 2.48. The van der Waals surface area contributed by atoms with E-state index in [9.17, 15) is 4.79 Å². The van der Waals surface area contributed by atoms with Crippen LogP contribution in [0, 0.1) is 0 Å². The number of carbonyl (C=O) groups excluding carboxylic acids is 1. The van der Waals surface area contributed by atoms with Crippen LogP contribution in [-0.2, 0) is 11.2 Å². The summed E-state index contributed by atoms with van der Waals surface area (Å²) in [6.45, 7) is 4.26. The number of hydrogen-bond acceptors (Lipinski definition) is 1. The predicted octanol–water partition coefficient (Wildman–Crippen LogP) is 2.68. The number of hydrogen-bond donors (Lipinski definition) is 1. The van der Waals surface area contributed by atoms with E-state index in [1.54, 1.807) is 6.08 Å². The van der Waals surface area contributed by atoms with Gasteiger partial charge in [0.2, 0.25) is 5.91 Å². The minimum absolute atomic E-state index is 0.0548. The fourth-order valence-corrected chi connectivity index (χ4v) is 1.43. The molecular weight excluding hydrogens is 254 g/mol. The van der Waals surface area contributed by atoms with Crippen molar-refractivity contribution in [3.05, 3.63) is 47.0 Å². The van der Waals surface area contributed by atoms with E-state index in [0.717, 1.165) is 16.5 Å². The summed E-state index contributed by atoms with van der Waals surface area (Å²) in [5.74, 6) is 0.0548. The second kappa shape index (κ2) is 6.40. The molecule has 1 N–H and O–H groups in total. The third-order valence-electron chi connectivity index (χ3n) is 1.95. The summed E-state index contributed by atoms with van der Waals surface area (Å²) in [6.07, 6.45) is 3.04. The molecule has 0 heterocycles. The van der Waals surface area contributed by atoms with E-state index in [-0.39, 0.29) is 5.91 Å². The van der Waals surface area contributed by atoms with Crippen molar-refractivity contribution >= 4 is 21.8 Å². The molecule has 0 aliphatic heterocycles. The minimum atomic E-state index is 0.0548. The van der Waals surface area contributed by atoms with Crippen LogP contribution in [0.15, 0.2) is 41.4 Å². The van der Waals surface area contributed by atoms with E-state index in [2.05, 4.69) is 27.8 Å². The highest BCUT2D eigenvalue weighted by Crippen LogP contribution is 2.10. The standard InChI is InChI=1S/C12H14BrNO/c1-2-3-8-14-12(15)9-10-4-6-11(13)7-5-10/h2,4-7H,1,3,8-9H2,(H,14,15). The molecule has 0 fully saturated rings. The maximum absolute atomic E-state index is 11.4. The van der Waals surface area contributed by atoms with Crippen molar-refractivity contribution in [2.75, 3.05) is 6.54 Å². The lowest BCUT2D eigenvalue weighted by Gasteiger charge is -2.03. The molecule has 0 aliphatic rings. The molecule has 80 valence electrons. The molecule has 3 heteroatoms. The van der Waals surface area contributed by atoms with Gasteiger partial charge in [-0.05, 0) is 24.1 Å². The summed E-state index contributed by atoms with van der Waals surface area (Å²) in [5.41, 5.74) is 1.02. The third kappa shape index (κ3) is 4.79. The molecule has 1 rings (SSSR count). The van der Waals surface area contributed by atoms with Crippen LogP contribution in [0.25, 0.3) is 0 Å². The van der Waals surface area contributed by atoms with E-state index in [0.29, 0.717) is 13.0 Å². The van der Waals surface area contributed by atoms with Gasteiger partial charge in [0, 0.05) is 11.0 Å². The second-order valence-electron chi connectivity index (χ2n) is 3.23. The molecule has 1 aromatic rings. The lowest BCUT2D eigenvalue weighted by atomic mass is 10.1. The predicted molar refractivity (Wildman–Crippen MR) is 65.7 cm³/mol. The number of amides is 1. The first-order chi connectivity index (χ1) is 7.22. The van der Waals surface area contributed by atoms with Crippen molar-refractivity contribution in [1.82, 2.24) is 5.32 Å². The molecule has 15 heavy (non-hydrogen) atoms. The van der Waals surface area contributed by atoms with E-state index in [1.165, 1.54) is 0 Å². The minimum Gasteiger partial charge on any atom is -0.356 e. The summed E-state index contributed by atoms with van der Waals surface area (Å²) in [7, 11) is 0. The van der Waals surface area contributed by atoms with E-state index in [1.807, 2.05) is 24.3 Å². The Labute approximate surface area is 98.5 Å². The van der Waals surface area contributed by atoms with Crippen molar-refractivity contribution in [2.45, 2.75) is 12.8 Å². The quantitative estimate of drug-likeness (QED) is 0.645. The zero-order valence-electron chi connectivity index (χ0n) is 8.50. The maximum Gasteiger partial charge on any atom is 0.224 e. The number of carbonyl (C=O) groups is 1. The average molecular weight is 268 g/mol. The van der Waals surface area contributed by atoms with Crippen LogP contribution in [0.5, 0.6) is 0 Å². The summed E-state index contributed by atoms with van der Waals surface area (Å²) >= 11 is 3.35. The van der Waals surface area contributed by atoms with E-state index in [4.69, 9.17) is 0 Å². The van der Waals surface area contributed by atoms with Crippen LogP contribution >= 0.6 is 15.9 Å². The molecule has 1 amide bonds. The molecule has 0 unspecified atom stereocenters. The van der Waals surface area contributed by atoms with Crippen LogP contribution in [0.4, 0.5) is 0 Å². The highest BCUT2D eigenvalue weighted by atomic mass is 79.9. The first-order valence-corrected chi connectivity index (χ1v) is 5.63. The molecular formula is C12H14BrNO. The first kappa shape index (κ1) is 12.0. The Morgan fingerprint density at radius 3 is 2.67 bits per heavy atom. The number of halogens is 1. The Kier molecular flexibility index (Phi) is 5.12. The van der Waals surface area contributed by atoms with Crippen molar-refractivity contribution < 1.29 is 4.79 Å². The smallest absolute Gasteiger partial charge is 0.224 e. The summed E-state index contributed by atoms with van der Waals surface area (Å²) < 4.78 is 1.03. The van der Waals surface area contributed by atoms with Gasteiger partial charge in [-0.15, -0.1) is 6.58 Å². The molecule has 0 saturated carbocycles. The summed E-state index contributed by atoms with van der Waals surface area (Å²) in [4.78, 5) is 11.4. The molecule has 0 radical (unpaired) electrons. The Morgan fingerprint density at radius 1 is 1.40 bits per heavy atom. The first-order valence-electron chi connectivity index (χ1n) is 4.84. The Balaban J connectivity index is 2.37. The molecule has 0 saturated heterocycles. The van der Waals surface area contributed by atoms with Crippen LogP contribution in [0.3, 0.4) is 0 Å². The maximum atomic E-state index is 11.4. The van der Waals surface area contributed by atoms with Crippen molar-refractivity contribution in [3.63, 3.8) is 0 Å². The molecule has 0 bridgehead atoms. The molecule has 0 aliphatic carbocycles. The lowest BCUT2D eigenvalue weighted by Crippen LogP contribution is -2.25. The van der Waals surface area contributed by atoms with Gasteiger partial charge in [0.15, 0.2) is 0 Å². The van der Waals surface area contributed by atoms with Crippen LogP contribution in [0.1, 0.15) is 12.0 Å². The van der Waals surface area contributed by atoms with Gasteiger partial charge in [-0.3, -0.25) is 4.79 Å². The molecule has 0 aromatic heterocycles. The molecule has 1 aromatic carbocycles. The topological polar surface area (TPSA) is 29.1 Å². The SMILES string of the molecule is C=CCCNC(=O)Cc1ccc(Br)cc1. The number of benzene rings is 1.